The zero-order valence-corrected chi connectivity index (χ0v) is 8.89. The molecule has 0 unspecified atom stereocenters. The number of halogens is 4. The molecule has 1 N–H and O–H groups in total. The van der Waals surface area contributed by atoms with Crippen LogP contribution in [0.3, 0.4) is 0 Å². The van der Waals surface area contributed by atoms with Gasteiger partial charge in [-0.3, -0.25) is 4.79 Å². The Labute approximate surface area is 91.8 Å². The molecule has 1 aromatic rings. The van der Waals surface area contributed by atoms with Crippen molar-refractivity contribution in [1.29, 1.82) is 0 Å². The molecule has 0 atom stereocenters. The first kappa shape index (κ1) is 12.0. The summed E-state index contributed by atoms with van der Waals surface area (Å²) in [4.78, 5) is 10.4. The summed E-state index contributed by atoms with van der Waals surface area (Å²) in [5, 5.41) is 8.45. The second-order valence-electron chi connectivity index (χ2n) is 2.87. The number of hydrogen-bond donors (Lipinski definition) is 1. The van der Waals surface area contributed by atoms with Crippen LogP contribution in [-0.2, 0) is 17.4 Å². The first-order valence-electron chi connectivity index (χ1n) is 3.88. The zero-order chi connectivity index (χ0) is 11.6. The highest BCUT2D eigenvalue weighted by molar-refractivity contribution is 9.10. The lowest BCUT2D eigenvalue weighted by atomic mass is 10.0. The van der Waals surface area contributed by atoms with Crippen molar-refractivity contribution in [1.82, 2.24) is 0 Å². The van der Waals surface area contributed by atoms with E-state index in [0.717, 1.165) is 12.1 Å². The minimum Gasteiger partial charge on any atom is -0.481 e. The van der Waals surface area contributed by atoms with Gasteiger partial charge in [-0.25, -0.2) is 0 Å². The van der Waals surface area contributed by atoms with Gasteiger partial charge in [-0.1, -0.05) is 22.0 Å². The molecule has 0 aliphatic heterocycles. The summed E-state index contributed by atoms with van der Waals surface area (Å²) in [5.74, 6) is -1.29. The highest BCUT2D eigenvalue weighted by Gasteiger charge is 2.33. The predicted molar refractivity (Wildman–Crippen MR) is 50.5 cm³/mol. The fourth-order valence-electron chi connectivity index (χ4n) is 1.13. The molecule has 6 heteroatoms. The molecular weight excluding hydrogens is 277 g/mol. The minimum absolute atomic E-state index is 0.238. The molecular formula is C9H6BrF3O2. The Balaban J connectivity index is 3.20. The van der Waals surface area contributed by atoms with Crippen LogP contribution in [0.25, 0.3) is 0 Å². The molecule has 82 valence electrons. The maximum absolute atomic E-state index is 12.5. The van der Waals surface area contributed by atoms with Crippen LogP contribution in [0.4, 0.5) is 13.2 Å². The largest absolute Gasteiger partial charge is 0.481 e. The van der Waals surface area contributed by atoms with Crippen molar-refractivity contribution in [3.63, 3.8) is 0 Å². The van der Waals surface area contributed by atoms with Gasteiger partial charge >= 0.3 is 12.1 Å². The van der Waals surface area contributed by atoms with E-state index in [1.165, 1.54) is 6.07 Å². The zero-order valence-electron chi connectivity index (χ0n) is 7.31. The number of hydrogen-bond acceptors (Lipinski definition) is 1. The van der Waals surface area contributed by atoms with Gasteiger partial charge in [0.05, 0.1) is 12.0 Å². The average molecular weight is 283 g/mol. The predicted octanol–water partition coefficient (Wildman–Crippen LogP) is 3.10. The minimum atomic E-state index is -4.53. The number of carboxylic acids is 1. The second kappa shape index (κ2) is 4.22. The standard InChI is InChI=1S/C9H6BrF3O2/c10-6-2-1-5(3-8(14)15)7(4-6)9(11,12)13/h1-2,4H,3H2,(H,14,15). The van der Waals surface area contributed by atoms with E-state index in [4.69, 9.17) is 5.11 Å². The number of aliphatic carboxylic acids is 1. The average Bonchev–Trinajstić information content (AvgIpc) is 2.05. The Bertz CT molecular complexity index is 387. The van der Waals surface area contributed by atoms with Gasteiger partial charge in [0.1, 0.15) is 0 Å². The van der Waals surface area contributed by atoms with Gasteiger partial charge in [0.25, 0.3) is 0 Å². The van der Waals surface area contributed by atoms with Gasteiger partial charge in [0.15, 0.2) is 0 Å². The third kappa shape index (κ3) is 3.23. The van der Waals surface area contributed by atoms with Crippen molar-refractivity contribution in [3.8, 4) is 0 Å². The first-order valence-corrected chi connectivity index (χ1v) is 4.67. The Morgan fingerprint density at radius 3 is 2.47 bits per heavy atom. The smallest absolute Gasteiger partial charge is 0.416 e. The third-order valence-electron chi connectivity index (χ3n) is 1.72. The SMILES string of the molecule is O=C(O)Cc1ccc(Br)cc1C(F)(F)F. The highest BCUT2D eigenvalue weighted by atomic mass is 79.9. The van der Waals surface area contributed by atoms with E-state index in [2.05, 4.69) is 15.9 Å². The molecule has 0 radical (unpaired) electrons. The van der Waals surface area contributed by atoms with Gasteiger partial charge in [0.2, 0.25) is 0 Å². The Kier molecular flexibility index (Phi) is 3.38. The Morgan fingerprint density at radius 1 is 1.40 bits per heavy atom. The molecule has 0 aliphatic rings. The first-order chi connectivity index (χ1) is 6.80. The van der Waals surface area contributed by atoms with E-state index >= 15 is 0 Å². The van der Waals surface area contributed by atoms with E-state index in [0.29, 0.717) is 0 Å². The van der Waals surface area contributed by atoms with Crippen LogP contribution in [-0.4, -0.2) is 11.1 Å². The van der Waals surface area contributed by atoms with Gasteiger partial charge < -0.3 is 5.11 Å². The number of alkyl halides is 3. The topological polar surface area (TPSA) is 37.3 Å². The van der Waals surface area contributed by atoms with Crippen LogP contribution in [0.2, 0.25) is 0 Å². The quantitative estimate of drug-likeness (QED) is 0.905. The van der Waals surface area contributed by atoms with Gasteiger partial charge in [-0.2, -0.15) is 13.2 Å². The van der Waals surface area contributed by atoms with Crippen molar-refractivity contribution in [2.24, 2.45) is 0 Å². The van der Waals surface area contributed by atoms with Gasteiger partial charge in [-0.15, -0.1) is 0 Å². The van der Waals surface area contributed by atoms with Crippen molar-refractivity contribution in [2.75, 3.05) is 0 Å². The molecule has 0 aromatic heterocycles. The van der Waals surface area contributed by atoms with Crippen molar-refractivity contribution < 1.29 is 23.1 Å². The van der Waals surface area contributed by atoms with Crippen LogP contribution in [0.1, 0.15) is 11.1 Å². The molecule has 0 amide bonds. The van der Waals surface area contributed by atoms with E-state index in [1.807, 2.05) is 0 Å². The summed E-state index contributed by atoms with van der Waals surface area (Å²) < 4.78 is 37.7. The maximum atomic E-state index is 12.5. The third-order valence-corrected chi connectivity index (χ3v) is 2.21. The highest BCUT2D eigenvalue weighted by Crippen LogP contribution is 2.34. The number of rotatable bonds is 2. The lowest BCUT2D eigenvalue weighted by Gasteiger charge is -2.11. The van der Waals surface area contributed by atoms with Crippen LogP contribution in [0, 0.1) is 0 Å². The molecule has 0 spiro atoms. The van der Waals surface area contributed by atoms with E-state index in [-0.39, 0.29) is 10.0 Å². The van der Waals surface area contributed by atoms with Crippen LogP contribution in [0.5, 0.6) is 0 Å². The molecule has 1 rings (SSSR count). The molecule has 0 heterocycles. The lowest BCUT2D eigenvalue weighted by Crippen LogP contribution is -2.12. The number of carbonyl (C=O) groups is 1. The molecule has 0 aliphatic carbocycles. The number of benzene rings is 1. The lowest BCUT2D eigenvalue weighted by molar-refractivity contribution is -0.139. The van der Waals surface area contributed by atoms with E-state index in [1.54, 1.807) is 0 Å². The molecule has 2 nitrogen and oxygen atoms in total. The normalized spacial score (nSPS) is 11.5. The summed E-state index contributed by atoms with van der Waals surface area (Å²) in [7, 11) is 0. The summed E-state index contributed by atoms with van der Waals surface area (Å²) in [6.45, 7) is 0. The molecule has 0 saturated heterocycles. The summed E-state index contributed by atoms with van der Waals surface area (Å²) in [6, 6.07) is 3.41. The molecule has 0 saturated carbocycles. The van der Waals surface area contributed by atoms with Crippen molar-refractivity contribution >= 4 is 21.9 Å². The van der Waals surface area contributed by atoms with Crippen molar-refractivity contribution in [2.45, 2.75) is 12.6 Å². The molecule has 0 bridgehead atoms. The second-order valence-corrected chi connectivity index (χ2v) is 3.79. The van der Waals surface area contributed by atoms with Crippen LogP contribution < -0.4 is 0 Å². The summed E-state index contributed by atoms with van der Waals surface area (Å²) >= 11 is 2.91. The van der Waals surface area contributed by atoms with Crippen LogP contribution >= 0.6 is 15.9 Å². The van der Waals surface area contributed by atoms with Crippen LogP contribution in [0.15, 0.2) is 22.7 Å². The van der Waals surface area contributed by atoms with Gasteiger partial charge in [-0.05, 0) is 17.7 Å². The molecule has 1 aromatic carbocycles. The monoisotopic (exact) mass is 282 g/mol. The van der Waals surface area contributed by atoms with Crippen molar-refractivity contribution in [3.05, 3.63) is 33.8 Å². The Morgan fingerprint density at radius 2 is 2.00 bits per heavy atom. The molecule has 0 fully saturated rings. The van der Waals surface area contributed by atoms with E-state index < -0.39 is 24.1 Å². The molecule has 15 heavy (non-hydrogen) atoms. The summed E-state index contributed by atoms with van der Waals surface area (Å²) in [6.07, 6.45) is -5.17. The fraction of sp³-hybridized carbons (Fsp3) is 0.222. The fourth-order valence-corrected chi connectivity index (χ4v) is 1.49. The van der Waals surface area contributed by atoms with Gasteiger partial charge in [0, 0.05) is 4.47 Å². The number of carboxylic acid groups (broad SMARTS) is 1. The maximum Gasteiger partial charge on any atom is 0.416 e. The Hall–Kier alpha value is -1.04. The summed E-state index contributed by atoms with van der Waals surface area (Å²) in [5.41, 5.74) is -1.16. The van der Waals surface area contributed by atoms with E-state index in [9.17, 15) is 18.0 Å².